The third kappa shape index (κ3) is 6.48. The molecule has 3 unspecified atom stereocenters. The molecule has 0 saturated heterocycles. The first-order valence-electron chi connectivity index (χ1n) is 10.9. The fourth-order valence-electron chi connectivity index (χ4n) is 3.98. The highest BCUT2D eigenvalue weighted by atomic mass is 32.2. The van der Waals surface area contributed by atoms with Gasteiger partial charge in [-0.2, -0.15) is 0 Å². The van der Waals surface area contributed by atoms with Gasteiger partial charge in [0.05, 0.1) is 4.75 Å². The van der Waals surface area contributed by atoms with Gasteiger partial charge in [0, 0.05) is 18.8 Å². The second-order valence-corrected chi connectivity index (χ2v) is 12.0. The van der Waals surface area contributed by atoms with Crippen LogP contribution >= 0.6 is 0 Å². The summed E-state index contributed by atoms with van der Waals surface area (Å²) in [6, 6.07) is 9.00. The minimum absolute atomic E-state index is 0.520. The number of hydrogen-bond donors (Lipinski definition) is 2. The van der Waals surface area contributed by atoms with Gasteiger partial charge in [0.2, 0.25) is 10.0 Å². The zero-order valence-corrected chi connectivity index (χ0v) is 19.2. The van der Waals surface area contributed by atoms with Crippen LogP contribution in [0.2, 0.25) is 0 Å². The van der Waals surface area contributed by atoms with Crippen molar-refractivity contribution in [3.05, 3.63) is 29.8 Å². The third-order valence-corrected chi connectivity index (χ3v) is 8.52. The van der Waals surface area contributed by atoms with Crippen molar-refractivity contribution in [2.45, 2.75) is 83.8 Å². The van der Waals surface area contributed by atoms with Gasteiger partial charge in [0.1, 0.15) is 0 Å². The van der Waals surface area contributed by atoms with Crippen molar-refractivity contribution in [2.24, 2.45) is 11.8 Å². The van der Waals surface area contributed by atoms with Crippen molar-refractivity contribution in [1.82, 2.24) is 4.72 Å². The monoisotopic (exact) mass is 408 g/mol. The summed E-state index contributed by atoms with van der Waals surface area (Å²) in [6.45, 7) is 11.4. The molecule has 160 valence electrons. The van der Waals surface area contributed by atoms with Crippen molar-refractivity contribution < 1.29 is 8.42 Å². The van der Waals surface area contributed by atoms with Crippen LogP contribution in [0.25, 0.3) is 0 Å². The largest absolute Gasteiger partial charge is 0.385 e. The Morgan fingerprint density at radius 1 is 0.964 bits per heavy atom. The lowest BCUT2D eigenvalue weighted by Crippen LogP contribution is -2.39. The summed E-state index contributed by atoms with van der Waals surface area (Å²) in [5, 5.41) is 3.49. The summed E-state index contributed by atoms with van der Waals surface area (Å²) in [5.74, 6) is 2.29. The third-order valence-electron chi connectivity index (χ3n) is 6.33. The van der Waals surface area contributed by atoms with Crippen LogP contribution in [-0.2, 0) is 10.0 Å². The maximum absolute atomic E-state index is 12.0. The first-order chi connectivity index (χ1) is 13.1. The van der Waals surface area contributed by atoms with Crippen molar-refractivity contribution in [2.75, 3.05) is 18.4 Å². The number of unbranched alkanes of at least 4 members (excludes halogenated alkanes) is 2. The van der Waals surface area contributed by atoms with E-state index in [1.165, 1.54) is 30.5 Å². The summed E-state index contributed by atoms with van der Waals surface area (Å²) in [7, 11) is -3.22. The van der Waals surface area contributed by atoms with Gasteiger partial charge in [-0.3, -0.25) is 0 Å². The number of anilines is 1. The van der Waals surface area contributed by atoms with E-state index in [4.69, 9.17) is 0 Å². The number of hydrogen-bond acceptors (Lipinski definition) is 3. The molecule has 1 fully saturated rings. The van der Waals surface area contributed by atoms with Crippen LogP contribution < -0.4 is 10.0 Å². The van der Waals surface area contributed by atoms with E-state index >= 15 is 0 Å². The fourth-order valence-corrected chi connectivity index (χ4v) is 4.83. The average Bonchev–Trinajstić information content (AvgIpc) is 2.63. The van der Waals surface area contributed by atoms with Crippen LogP contribution in [0.1, 0.15) is 84.6 Å². The first kappa shape index (κ1) is 23.2. The normalized spacial score (nSPS) is 23.5. The quantitative estimate of drug-likeness (QED) is 0.528. The molecule has 2 N–H and O–H groups in total. The van der Waals surface area contributed by atoms with Crippen molar-refractivity contribution >= 4 is 15.7 Å². The average molecular weight is 409 g/mol. The molecule has 1 aliphatic carbocycles. The van der Waals surface area contributed by atoms with Gasteiger partial charge >= 0.3 is 0 Å². The highest BCUT2D eigenvalue weighted by molar-refractivity contribution is 7.90. The Morgan fingerprint density at radius 3 is 2.25 bits per heavy atom. The van der Waals surface area contributed by atoms with E-state index in [2.05, 4.69) is 48.2 Å². The summed E-state index contributed by atoms with van der Waals surface area (Å²) < 4.78 is 25.9. The second-order valence-electron chi connectivity index (χ2n) is 9.49. The van der Waals surface area contributed by atoms with Crippen LogP contribution in [-0.4, -0.2) is 26.3 Å². The molecule has 4 nitrogen and oxygen atoms in total. The number of nitrogens with one attached hydrogen (secondary N) is 2. The van der Waals surface area contributed by atoms with Crippen molar-refractivity contribution in [3.63, 3.8) is 0 Å². The summed E-state index contributed by atoms with van der Waals surface area (Å²) in [4.78, 5) is 0. The number of benzene rings is 1. The Balaban J connectivity index is 1.66. The molecular weight excluding hydrogens is 368 g/mol. The molecule has 0 spiro atoms. The van der Waals surface area contributed by atoms with Crippen LogP contribution in [0.15, 0.2) is 24.3 Å². The highest BCUT2D eigenvalue weighted by Gasteiger charge is 2.28. The molecule has 0 heterocycles. The lowest BCUT2D eigenvalue weighted by molar-refractivity contribution is 0.238. The minimum atomic E-state index is -3.22. The molecule has 2 rings (SSSR count). The van der Waals surface area contributed by atoms with E-state index in [0.717, 1.165) is 37.6 Å². The van der Waals surface area contributed by atoms with Gasteiger partial charge in [-0.05, 0) is 75.5 Å². The van der Waals surface area contributed by atoms with Crippen LogP contribution in [0.3, 0.4) is 0 Å². The molecule has 0 aliphatic heterocycles. The Kier molecular flexibility index (Phi) is 8.38. The Labute approximate surface area is 172 Å². The maximum atomic E-state index is 12.0. The zero-order valence-electron chi connectivity index (χ0n) is 18.4. The van der Waals surface area contributed by atoms with Crippen LogP contribution in [0, 0.1) is 11.8 Å². The van der Waals surface area contributed by atoms with Gasteiger partial charge in [0.25, 0.3) is 0 Å². The fraction of sp³-hybridized carbons (Fsp3) is 0.739. The van der Waals surface area contributed by atoms with Gasteiger partial charge < -0.3 is 5.32 Å². The Hall–Kier alpha value is -1.07. The van der Waals surface area contributed by atoms with Crippen LogP contribution in [0.5, 0.6) is 0 Å². The number of rotatable bonds is 9. The molecule has 0 bridgehead atoms. The standard InChI is InChI=1S/C23H40N2O2S/c1-18-10-9-11-22(19(18)2)20-12-14-21(15-13-20)24-16-7-6-8-17-25-28(26,27)23(3,4)5/h12-15,18-19,22,24-25H,6-11,16-17H2,1-5H3. The Morgan fingerprint density at radius 2 is 1.61 bits per heavy atom. The number of sulfonamides is 1. The molecule has 0 aromatic heterocycles. The smallest absolute Gasteiger partial charge is 0.216 e. The molecule has 1 saturated carbocycles. The predicted molar refractivity (Wildman–Crippen MR) is 120 cm³/mol. The minimum Gasteiger partial charge on any atom is -0.385 e. The molecule has 3 atom stereocenters. The zero-order chi connectivity index (χ0) is 20.8. The molecule has 1 aliphatic rings. The molecule has 5 heteroatoms. The molecule has 28 heavy (non-hydrogen) atoms. The van der Waals surface area contributed by atoms with E-state index < -0.39 is 14.8 Å². The predicted octanol–water partition coefficient (Wildman–Crippen LogP) is 5.53. The summed E-state index contributed by atoms with van der Waals surface area (Å²) in [6.07, 6.45) is 6.95. The summed E-state index contributed by atoms with van der Waals surface area (Å²) >= 11 is 0. The maximum Gasteiger partial charge on any atom is 0.216 e. The molecule has 1 aromatic carbocycles. The van der Waals surface area contributed by atoms with Crippen LogP contribution in [0.4, 0.5) is 5.69 Å². The van der Waals surface area contributed by atoms with Crippen molar-refractivity contribution in [1.29, 1.82) is 0 Å². The molecule has 0 amide bonds. The van der Waals surface area contributed by atoms with E-state index in [0.29, 0.717) is 12.5 Å². The topological polar surface area (TPSA) is 58.2 Å². The van der Waals surface area contributed by atoms with E-state index in [1.807, 2.05) is 0 Å². The molecular formula is C23H40N2O2S. The highest BCUT2D eigenvalue weighted by Crippen LogP contribution is 2.40. The van der Waals surface area contributed by atoms with Gasteiger partial charge in [-0.15, -0.1) is 0 Å². The van der Waals surface area contributed by atoms with Gasteiger partial charge in [-0.1, -0.05) is 45.2 Å². The second kappa shape index (κ2) is 10.1. The van der Waals surface area contributed by atoms with E-state index in [-0.39, 0.29) is 0 Å². The van der Waals surface area contributed by atoms with E-state index in [1.54, 1.807) is 20.8 Å². The SMILES string of the molecule is CC1CCCC(c2ccc(NCCCCCNS(=O)(=O)C(C)(C)C)cc2)C1C. The van der Waals surface area contributed by atoms with Gasteiger partial charge in [-0.25, -0.2) is 13.1 Å². The Bertz CT molecular complexity index is 692. The molecule has 1 aromatic rings. The van der Waals surface area contributed by atoms with Gasteiger partial charge in [0.15, 0.2) is 0 Å². The van der Waals surface area contributed by atoms with Crippen molar-refractivity contribution in [3.8, 4) is 0 Å². The molecule has 0 radical (unpaired) electrons. The summed E-state index contributed by atoms with van der Waals surface area (Å²) in [5.41, 5.74) is 2.66. The van der Waals surface area contributed by atoms with E-state index in [9.17, 15) is 8.42 Å². The lowest BCUT2D eigenvalue weighted by Gasteiger charge is -2.34. The first-order valence-corrected chi connectivity index (χ1v) is 12.4. The lowest BCUT2D eigenvalue weighted by atomic mass is 9.71.